The van der Waals surface area contributed by atoms with Crippen LogP contribution in [-0.4, -0.2) is 34.3 Å². The molecule has 142 valence electrons. The molecule has 0 aromatic heterocycles. The van der Waals surface area contributed by atoms with Gasteiger partial charge in [-0.2, -0.15) is 0 Å². The molecule has 0 bridgehead atoms. The Morgan fingerprint density at radius 3 is 2.56 bits per heavy atom. The predicted octanol–water partition coefficient (Wildman–Crippen LogP) is 4.74. The van der Waals surface area contributed by atoms with Crippen LogP contribution in [0.3, 0.4) is 0 Å². The molecule has 3 rings (SSSR count). The van der Waals surface area contributed by atoms with E-state index in [0.717, 1.165) is 22.3 Å². The van der Waals surface area contributed by atoms with Gasteiger partial charge in [0.15, 0.2) is 0 Å². The fourth-order valence-electron chi connectivity index (χ4n) is 3.14. The van der Waals surface area contributed by atoms with Crippen LogP contribution in [0.5, 0.6) is 0 Å². The van der Waals surface area contributed by atoms with Crippen LogP contribution in [0.1, 0.15) is 31.9 Å². The third-order valence-corrected chi connectivity index (χ3v) is 4.36. The van der Waals surface area contributed by atoms with E-state index in [1.165, 1.54) is 4.90 Å². The first-order chi connectivity index (χ1) is 12.7. The summed E-state index contributed by atoms with van der Waals surface area (Å²) >= 11 is 0. The SMILES string of the molecule is CC(C)(C)OC(=O)Nc1ccccc1-c1ccc2c(c1)CCN(C(=O)O)C2. The highest BCUT2D eigenvalue weighted by Crippen LogP contribution is 2.31. The summed E-state index contributed by atoms with van der Waals surface area (Å²) in [4.78, 5) is 24.7. The summed E-state index contributed by atoms with van der Waals surface area (Å²) < 4.78 is 5.35. The van der Waals surface area contributed by atoms with Gasteiger partial charge in [-0.1, -0.05) is 36.4 Å². The maximum atomic E-state index is 12.1. The van der Waals surface area contributed by atoms with Crippen molar-refractivity contribution in [3.8, 4) is 11.1 Å². The zero-order valence-electron chi connectivity index (χ0n) is 15.8. The second-order valence-electron chi connectivity index (χ2n) is 7.61. The molecule has 0 aliphatic carbocycles. The van der Waals surface area contributed by atoms with Crippen LogP contribution < -0.4 is 5.32 Å². The van der Waals surface area contributed by atoms with Gasteiger partial charge in [-0.05, 0) is 49.9 Å². The topological polar surface area (TPSA) is 78.9 Å². The summed E-state index contributed by atoms with van der Waals surface area (Å²) in [6.45, 7) is 6.36. The lowest BCUT2D eigenvalue weighted by molar-refractivity contribution is 0.0636. The minimum Gasteiger partial charge on any atom is -0.465 e. The van der Waals surface area contributed by atoms with Crippen molar-refractivity contribution in [2.24, 2.45) is 0 Å². The molecule has 2 aromatic carbocycles. The number of para-hydroxylation sites is 1. The quantitative estimate of drug-likeness (QED) is 0.803. The van der Waals surface area contributed by atoms with Gasteiger partial charge in [-0.25, -0.2) is 9.59 Å². The van der Waals surface area contributed by atoms with Crippen LogP contribution in [0.25, 0.3) is 11.1 Å². The van der Waals surface area contributed by atoms with Gasteiger partial charge in [-0.15, -0.1) is 0 Å². The van der Waals surface area contributed by atoms with Gasteiger partial charge in [-0.3, -0.25) is 5.32 Å². The van der Waals surface area contributed by atoms with Crippen LogP contribution >= 0.6 is 0 Å². The van der Waals surface area contributed by atoms with Crippen LogP contribution in [0, 0.1) is 0 Å². The largest absolute Gasteiger partial charge is 0.465 e. The molecule has 0 fully saturated rings. The van der Waals surface area contributed by atoms with Gasteiger partial charge >= 0.3 is 12.2 Å². The van der Waals surface area contributed by atoms with Gasteiger partial charge in [0.1, 0.15) is 5.60 Å². The number of fused-ring (bicyclic) bond motifs is 1. The first-order valence-corrected chi connectivity index (χ1v) is 8.92. The predicted molar refractivity (Wildman–Crippen MR) is 104 cm³/mol. The maximum absolute atomic E-state index is 12.1. The summed E-state index contributed by atoms with van der Waals surface area (Å²) in [6, 6.07) is 13.6. The molecular formula is C21H24N2O4. The lowest BCUT2D eigenvalue weighted by atomic mass is 9.94. The van der Waals surface area contributed by atoms with Crippen LogP contribution in [0.15, 0.2) is 42.5 Å². The van der Waals surface area contributed by atoms with Crippen molar-refractivity contribution in [2.75, 3.05) is 11.9 Å². The molecule has 1 aliphatic heterocycles. The lowest BCUT2D eigenvalue weighted by Crippen LogP contribution is -2.34. The van der Waals surface area contributed by atoms with Crippen LogP contribution in [0.2, 0.25) is 0 Å². The number of anilines is 1. The molecule has 1 heterocycles. The van der Waals surface area contributed by atoms with Crippen LogP contribution in [0.4, 0.5) is 15.3 Å². The number of carboxylic acid groups (broad SMARTS) is 1. The average molecular weight is 368 g/mol. The monoisotopic (exact) mass is 368 g/mol. The molecule has 2 N–H and O–H groups in total. The zero-order chi connectivity index (χ0) is 19.6. The Morgan fingerprint density at radius 2 is 1.85 bits per heavy atom. The first kappa shape index (κ1) is 18.8. The van der Waals surface area contributed by atoms with Crippen molar-refractivity contribution in [1.82, 2.24) is 4.90 Å². The van der Waals surface area contributed by atoms with Gasteiger partial charge in [0.2, 0.25) is 0 Å². The van der Waals surface area contributed by atoms with E-state index in [1.54, 1.807) is 0 Å². The first-order valence-electron chi connectivity index (χ1n) is 8.92. The number of hydrogen-bond donors (Lipinski definition) is 2. The third-order valence-electron chi connectivity index (χ3n) is 4.36. The molecular weight excluding hydrogens is 344 g/mol. The van der Waals surface area contributed by atoms with Crippen molar-refractivity contribution in [3.63, 3.8) is 0 Å². The van der Waals surface area contributed by atoms with Crippen LogP contribution in [-0.2, 0) is 17.7 Å². The molecule has 2 amide bonds. The fourth-order valence-corrected chi connectivity index (χ4v) is 3.14. The molecule has 0 atom stereocenters. The van der Waals surface area contributed by atoms with Gasteiger partial charge in [0.25, 0.3) is 0 Å². The zero-order valence-corrected chi connectivity index (χ0v) is 15.8. The summed E-state index contributed by atoms with van der Waals surface area (Å²) in [7, 11) is 0. The maximum Gasteiger partial charge on any atom is 0.412 e. The highest BCUT2D eigenvalue weighted by Gasteiger charge is 2.21. The van der Waals surface area contributed by atoms with Crippen molar-refractivity contribution in [3.05, 3.63) is 53.6 Å². The molecule has 0 saturated carbocycles. The Balaban J connectivity index is 1.85. The van der Waals surface area contributed by atoms with Gasteiger partial charge in [0.05, 0.1) is 5.69 Å². The van der Waals surface area contributed by atoms with Gasteiger partial charge in [0, 0.05) is 18.7 Å². The fraction of sp³-hybridized carbons (Fsp3) is 0.333. The minimum atomic E-state index is -0.892. The Hall–Kier alpha value is -3.02. The second-order valence-corrected chi connectivity index (χ2v) is 7.61. The number of nitrogens with one attached hydrogen (secondary N) is 1. The Bertz CT molecular complexity index is 871. The van der Waals surface area contributed by atoms with E-state index < -0.39 is 17.8 Å². The molecule has 0 radical (unpaired) electrons. The Kier molecular flexibility index (Phi) is 5.08. The molecule has 0 unspecified atom stereocenters. The Morgan fingerprint density at radius 1 is 1.11 bits per heavy atom. The summed E-state index contributed by atoms with van der Waals surface area (Å²) in [5.41, 5.74) is 4.13. The van der Waals surface area contributed by atoms with E-state index >= 15 is 0 Å². The number of amides is 2. The highest BCUT2D eigenvalue weighted by atomic mass is 16.6. The molecule has 6 nitrogen and oxygen atoms in total. The van der Waals surface area contributed by atoms with E-state index in [1.807, 2.05) is 57.2 Å². The van der Waals surface area contributed by atoms with E-state index in [0.29, 0.717) is 25.2 Å². The number of carbonyl (C=O) groups is 2. The van der Waals surface area contributed by atoms with Crippen molar-refractivity contribution >= 4 is 17.9 Å². The minimum absolute atomic E-state index is 0.406. The van der Waals surface area contributed by atoms with Crippen molar-refractivity contribution < 1.29 is 19.4 Å². The van der Waals surface area contributed by atoms with E-state index in [-0.39, 0.29) is 0 Å². The Labute approximate surface area is 158 Å². The molecule has 0 spiro atoms. The number of rotatable bonds is 2. The molecule has 1 aliphatic rings. The highest BCUT2D eigenvalue weighted by molar-refractivity contribution is 5.91. The molecule has 0 saturated heterocycles. The second kappa shape index (κ2) is 7.31. The van der Waals surface area contributed by atoms with E-state index in [4.69, 9.17) is 4.74 Å². The lowest BCUT2D eigenvalue weighted by Gasteiger charge is -2.27. The average Bonchev–Trinajstić information content (AvgIpc) is 2.59. The number of benzene rings is 2. The van der Waals surface area contributed by atoms with Crippen molar-refractivity contribution in [1.29, 1.82) is 0 Å². The summed E-state index contributed by atoms with van der Waals surface area (Å²) in [6.07, 6.45) is -0.710. The smallest absolute Gasteiger partial charge is 0.412 e. The molecule has 2 aromatic rings. The van der Waals surface area contributed by atoms with Gasteiger partial charge < -0.3 is 14.7 Å². The van der Waals surface area contributed by atoms with Crippen molar-refractivity contribution in [2.45, 2.75) is 39.3 Å². The number of carbonyl (C=O) groups excluding carboxylic acids is 1. The van der Waals surface area contributed by atoms with E-state index in [2.05, 4.69) is 11.4 Å². The van der Waals surface area contributed by atoms with E-state index in [9.17, 15) is 14.7 Å². The molecule has 27 heavy (non-hydrogen) atoms. The number of hydrogen-bond acceptors (Lipinski definition) is 3. The number of nitrogens with zero attached hydrogens (tertiary/aromatic N) is 1. The standard InChI is InChI=1S/C21H24N2O4/c1-21(2,3)27-19(24)22-18-7-5-4-6-17(18)15-8-9-16-13-23(20(25)26)11-10-14(16)12-15/h4-9,12H,10-11,13H2,1-3H3,(H,22,24)(H,25,26). The number of ether oxygens (including phenoxy) is 1. The summed E-state index contributed by atoms with van der Waals surface area (Å²) in [5, 5.41) is 12.0. The summed E-state index contributed by atoms with van der Waals surface area (Å²) in [5.74, 6) is 0. The normalized spacial score (nSPS) is 13.7. The third kappa shape index (κ3) is 4.58. The molecule has 6 heteroatoms.